The van der Waals surface area contributed by atoms with Crippen LogP contribution in [-0.4, -0.2) is 16.6 Å². The Balaban J connectivity index is 3.24. The largest absolute Gasteiger partial charge is 0.383 e. The summed E-state index contributed by atoms with van der Waals surface area (Å²) in [6, 6.07) is 1.80. The Morgan fingerprint density at radius 2 is 2.09 bits per heavy atom. The smallest absolute Gasteiger partial charge is 0.247 e. The van der Waals surface area contributed by atoms with Crippen LogP contribution in [-0.2, 0) is 4.79 Å². The van der Waals surface area contributed by atoms with E-state index in [1.807, 2.05) is 13.0 Å². The predicted octanol–water partition coefficient (Wildman–Crippen LogP) is 2.83. The van der Waals surface area contributed by atoms with E-state index in [0.29, 0.717) is 22.8 Å². The van der Waals surface area contributed by atoms with Crippen molar-refractivity contribution in [2.75, 3.05) is 5.73 Å². The van der Waals surface area contributed by atoms with Crippen LogP contribution in [0.5, 0.6) is 0 Å². The van der Waals surface area contributed by atoms with Crippen molar-refractivity contribution in [2.24, 2.45) is 0 Å². The number of rotatable bonds is 6. The SMILES string of the molecule is C=CC(=O)N/C(C=C)=C/C(=C\C)c1cnc(N)c(C(C)=N)c1. The summed E-state index contributed by atoms with van der Waals surface area (Å²) in [5.41, 5.74) is 8.87. The van der Waals surface area contributed by atoms with E-state index >= 15 is 0 Å². The van der Waals surface area contributed by atoms with Crippen molar-refractivity contribution < 1.29 is 4.79 Å². The maximum atomic E-state index is 11.4. The molecule has 0 saturated carbocycles. The van der Waals surface area contributed by atoms with Crippen LogP contribution in [0.2, 0.25) is 0 Å². The first-order chi connectivity index (χ1) is 10.4. The summed E-state index contributed by atoms with van der Waals surface area (Å²) < 4.78 is 0. The molecule has 0 aromatic carbocycles. The molecule has 1 rings (SSSR count). The van der Waals surface area contributed by atoms with Gasteiger partial charge in [-0.1, -0.05) is 19.2 Å². The zero-order valence-corrected chi connectivity index (χ0v) is 12.8. The molecular weight excluding hydrogens is 276 g/mol. The van der Waals surface area contributed by atoms with Gasteiger partial charge in [0, 0.05) is 28.7 Å². The predicted molar refractivity (Wildman–Crippen MR) is 91.4 cm³/mol. The molecule has 0 spiro atoms. The van der Waals surface area contributed by atoms with Crippen LogP contribution in [0.25, 0.3) is 5.57 Å². The molecule has 0 atom stereocenters. The second-order valence-electron chi connectivity index (χ2n) is 4.52. The Bertz CT molecular complexity index is 684. The van der Waals surface area contributed by atoms with E-state index in [0.717, 1.165) is 11.1 Å². The molecule has 5 heteroatoms. The minimum absolute atomic E-state index is 0.312. The third kappa shape index (κ3) is 4.28. The van der Waals surface area contributed by atoms with E-state index in [2.05, 4.69) is 23.5 Å². The number of nitrogens with two attached hydrogens (primary N) is 1. The van der Waals surface area contributed by atoms with Crippen molar-refractivity contribution in [3.8, 4) is 0 Å². The molecule has 114 valence electrons. The van der Waals surface area contributed by atoms with Gasteiger partial charge in [-0.2, -0.15) is 0 Å². The number of nitrogens with zero attached hydrogens (tertiary/aromatic N) is 1. The fourth-order valence-electron chi connectivity index (χ4n) is 1.77. The molecule has 0 radical (unpaired) electrons. The van der Waals surface area contributed by atoms with Gasteiger partial charge < -0.3 is 16.5 Å². The second-order valence-corrected chi connectivity index (χ2v) is 4.52. The molecule has 1 amide bonds. The van der Waals surface area contributed by atoms with Crippen LogP contribution >= 0.6 is 0 Å². The number of aromatic nitrogens is 1. The highest BCUT2D eigenvalue weighted by Gasteiger charge is 2.07. The molecular formula is C17H20N4O. The van der Waals surface area contributed by atoms with Crippen LogP contribution in [0.15, 0.2) is 55.4 Å². The van der Waals surface area contributed by atoms with Crippen LogP contribution in [0.3, 0.4) is 0 Å². The number of anilines is 1. The molecule has 0 aliphatic rings. The molecule has 22 heavy (non-hydrogen) atoms. The molecule has 1 aromatic heterocycles. The summed E-state index contributed by atoms with van der Waals surface area (Å²) in [5.74, 6) is 0.00708. The minimum atomic E-state index is -0.312. The number of hydrogen-bond donors (Lipinski definition) is 3. The minimum Gasteiger partial charge on any atom is -0.383 e. The number of nitrogens with one attached hydrogen (secondary N) is 2. The third-order valence-corrected chi connectivity index (χ3v) is 2.95. The highest BCUT2D eigenvalue weighted by molar-refractivity contribution is 6.01. The molecule has 1 heterocycles. The highest BCUT2D eigenvalue weighted by Crippen LogP contribution is 2.21. The summed E-state index contributed by atoms with van der Waals surface area (Å²) >= 11 is 0. The maximum absolute atomic E-state index is 11.4. The zero-order chi connectivity index (χ0) is 16.7. The van der Waals surface area contributed by atoms with Crippen molar-refractivity contribution in [3.05, 3.63) is 66.5 Å². The fraction of sp³-hybridized carbons (Fsp3) is 0.118. The lowest BCUT2D eigenvalue weighted by Crippen LogP contribution is -2.18. The summed E-state index contributed by atoms with van der Waals surface area (Å²) in [6.07, 6.45) is 8.00. The molecule has 0 fully saturated rings. The van der Waals surface area contributed by atoms with Crippen LogP contribution in [0.1, 0.15) is 25.0 Å². The standard InChI is InChI=1S/C17H20N4O/c1-5-12(8-14(6-2)21-16(22)7-3)13-9-15(11(4)18)17(19)20-10-13/h5-10,18H,2-3H2,1,4H3,(H2,19,20)(H,21,22)/b12-5+,14-8+,18-11?. The van der Waals surface area contributed by atoms with E-state index < -0.39 is 0 Å². The van der Waals surface area contributed by atoms with Crippen molar-refractivity contribution in [2.45, 2.75) is 13.8 Å². The molecule has 0 unspecified atom stereocenters. The van der Waals surface area contributed by atoms with Crippen molar-refractivity contribution in [3.63, 3.8) is 0 Å². The van der Waals surface area contributed by atoms with E-state index in [9.17, 15) is 4.79 Å². The Labute approximate surface area is 130 Å². The highest BCUT2D eigenvalue weighted by atomic mass is 16.1. The molecule has 0 saturated heterocycles. The molecule has 4 N–H and O–H groups in total. The monoisotopic (exact) mass is 296 g/mol. The maximum Gasteiger partial charge on any atom is 0.247 e. The Kier molecular flexibility index (Phi) is 6.01. The number of hydrogen-bond acceptors (Lipinski definition) is 4. The van der Waals surface area contributed by atoms with Crippen molar-refractivity contribution in [1.29, 1.82) is 5.41 Å². The van der Waals surface area contributed by atoms with E-state index in [-0.39, 0.29) is 5.91 Å². The summed E-state index contributed by atoms with van der Waals surface area (Å²) in [6.45, 7) is 10.6. The lowest BCUT2D eigenvalue weighted by molar-refractivity contribution is -0.115. The number of nitrogen functional groups attached to an aromatic ring is 1. The molecule has 0 bridgehead atoms. The van der Waals surface area contributed by atoms with Crippen molar-refractivity contribution >= 4 is 23.0 Å². The molecule has 5 nitrogen and oxygen atoms in total. The lowest BCUT2D eigenvalue weighted by Gasteiger charge is -2.09. The van der Waals surface area contributed by atoms with Gasteiger partial charge in [0.1, 0.15) is 5.82 Å². The average Bonchev–Trinajstić information content (AvgIpc) is 2.51. The topological polar surface area (TPSA) is 91.9 Å². The number of pyridine rings is 1. The summed E-state index contributed by atoms with van der Waals surface area (Å²) in [5, 5.41) is 10.4. The number of carbonyl (C=O) groups excluding carboxylic acids is 1. The third-order valence-electron chi connectivity index (χ3n) is 2.95. The molecule has 1 aromatic rings. The molecule has 0 aliphatic carbocycles. The zero-order valence-electron chi connectivity index (χ0n) is 12.8. The Morgan fingerprint density at radius 1 is 1.41 bits per heavy atom. The Morgan fingerprint density at radius 3 is 2.59 bits per heavy atom. The first-order valence-corrected chi connectivity index (χ1v) is 6.68. The molecule has 0 aliphatic heterocycles. The van der Waals surface area contributed by atoms with Gasteiger partial charge in [0.25, 0.3) is 0 Å². The van der Waals surface area contributed by atoms with Gasteiger partial charge in [0.2, 0.25) is 5.91 Å². The van der Waals surface area contributed by atoms with Gasteiger partial charge in [-0.3, -0.25) is 4.79 Å². The van der Waals surface area contributed by atoms with Crippen LogP contribution in [0, 0.1) is 5.41 Å². The number of amides is 1. The van der Waals surface area contributed by atoms with E-state index in [4.69, 9.17) is 11.1 Å². The van der Waals surface area contributed by atoms with E-state index in [1.165, 1.54) is 6.08 Å². The van der Waals surface area contributed by atoms with Gasteiger partial charge in [-0.05, 0) is 43.7 Å². The van der Waals surface area contributed by atoms with Gasteiger partial charge in [0.15, 0.2) is 0 Å². The van der Waals surface area contributed by atoms with Crippen LogP contribution in [0.4, 0.5) is 5.82 Å². The lowest BCUT2D eigenvalue weighted by atomic mass is 10.0. The van der Waals surface area contributed by atoms with Gasteiger partial charge in [-0.25, -0.2) is 4.98 Å². The van der Waals surface area contributed by atoms with Gasteiger partial charge in [0.05, 0.1) is 0 Å². The number of allylic oxidation sites excluding steroid dienone is 4. The summed E-state index contributed by atoms with van der Waals surface area (Å²) in [4.78, 5) is 15.5. The van der Waals surface area contributed by atoms with Gasteiger partial charge in [-0.15, -0.1) is 0 Å². The average molecular weight is 296 g/mol. The van der Waals surface area contributed by atoms with Crippen LogP contribution < -0.4 is 11.1 Å². The Hall–Kier alpha value is -2.95. The normalized spacial score (nSPS) is 11.7. The quantitative estimate of drug-likeness (QED) is 0.428. The first-order valence-electron chi connectivity index (χ1n) is 6.68. The van der Waals surface area contributed by atoms with E-state index in [1.54, 1.807) is 31.3 Å². The fourth-order valence-corrected chi connectivity index (χ4v) is 1.77. The number of carbonyl (C=O) groups is 1. The van der Waals surface area contributed by atoms with Gasteiger partial charge >= 0.3 is 0 Å². The first kappa shape index (κ1) is 17.1. The second kappa shape index (κ2) is 7.73. The van der Waals surface area contributed by atoms with Crippen molar-refractivity contribution in [1.82, 2.24) is 10.3 Å². The summed E-state index contributed by atoms with van der Waals surface area (Å²) in [7, 11) is 0.